The van der Waals surface area contributed by atoms with Crippen molar-refractivity contribution in [2.45, 2.75) is 32.3 Å². The Morgan fingerprint density at radius 1 is 1.23 bits per heavy atom. The van der Waals surface area contributed by atoms with Crippen LogP contribution in [0.4, 0.5) is 0 Å². The molecule has 3 nitrogen and oxygen atoms in total. The molecule has 3 heteroatoms. The highest BCUT2D eigenvalue weighted by Gasteiger charge is 2.27. The zero-order valence-electron chi connectivity index (χ0n) is 9.17. The van der Waals surface area contributed by atoms with Gasteiger partial charge in [-0.2, -0.15) is 0 Å². The third kappa shape index (κ3) is 5.24. The van der Waals surface area contributed by atoms with E-state index in [1.54, 1.807) is 14.2 Å². The first-order valence-corrected chi connectivity index (χ1v) is 4.75. The van der Waals surface area contributed by atoms with E-state index in [1.165, 1.54) is 0 Å². The minimum absolute atomic E-state index is 0.239. The van der Waals surface area contributed by atoms with Crippen LogP contribution >= 0.6 is 0 Å². The molecule has 0 amide bonds. The Balaban J connectivity index is 3.80. The minimum atomic E-state index is -0.644. The monoisotopic (exact) mass is 190 g/mol. The summed E-state index contributed by atoms with van der Waals surface area (Å²) in [6.45, 7) is 5.19. The smallest absolute Gasteiger partial charge is 0.0667 e. The van der Waals surface area contributed by atoms with Crippen LogP contribution in [0.3, 0.4) is 0 Å². The van der Waals surface area contributed by atoms with E-state index in [-0.39, 0.29) is 5.92 Å². The highest BCUT2D eigenvalue weighted by molar-refractivity contribution is 4.78. The van der Waals surface area contributed by atoms with Crippen molar-refractivity contribution in [1.29, 1.82) is 0 Å². The first-order chi connectivity index (χ1) is 6.04. The molecule has 0 heterocycles. The standard InChI is InChI=1S/C10H22O3/c1-9(5-7-12-3)10(2,11)6-8-13-4/h9,11H,5-8H2,1-4H3. The Kier molecular flexibility index (Phi) is 6.29. The van der Waals surface area contributed by atoms with Crippen molar-refractivity contribution in [3.05, 3.63) is 0 Å². The van der Waals surface area contributed by atoms with Crippen LogP contribution in [0, 0.1) is 5.92 Å². The highest BCUT2D eigenvalue weighted by atomic mass is 16.5. The van der Waals surface area contributed by atoms with Gasteiger partial charge in [0.15, 0.2) is 0 Å². The summed E-state index contributed by atoms with van der Waals surface area (Å²) in [4.78, 5) is 0. The molecular formula is C10H22O3. The fourth-order valence-corrected chi connectivity index (χ4v) is 1.16. The number of aliphatic hydroxyl groups is 1. The van der Waals surface area contributed by atoms with Crippen LogP contribution in [-0.2, 0) is 9.47 Å². The lowest BCUT2D eigenvalue weighted by atomic mass is 9.86. The molecule has 0 aliphatic heterocycles. The number of methoxy groups -OCH3 is 2. The van der Waals surface area contributed by atoms with Crippen molar-refractivity contribution in [1.82, 2.24) is 0 Å². The van der Waals surface area contributed by atoms with Gasteiger partial charge in [0.25, 0.3) is 0 Å². The summed E-state index contributed by atoms with van der Waals surface area (Å²) in [6.07, 6.45) is 1.56. The average molecular weight is 190 g/mol. The second kappa shape index (κ2) is 6.35. The maximum Gasteiger partial charge on any atom is 0.0667 e. The quantitative estimate of drug-likeness (QED) is 0.660. The van der Waals surface area contributed by atoms with E-state index in [1.807, 2.05) is 13.8 Å². The van der Waals surface area contributed by atoms with Crippen LogP contribution in [-0.4, -0.2) is 38.1 Å². The van der Waals surface area contributed by atoms with Crippen molar-refractivity contribution in [3.63, 3.8) is 0 Å². The van der Waals surface area contributed by atoms with Gasteiger partial charge in [-0.05, 0) is 25.7 Å². The lowest BCUT2D eigenvalue weighted by Gasteiger charge is -2.30. The first kappa shape index (κ1) is 12.9. The van der Waals surface area contributed by atoms with E-state index in [0.717, 1.165) is 6.42 Å². The van der Waals surface area contributed by atoms with Gasteiger partial charge in [0, 0.05) is 27.4 Å². The molecule has 0 aromatic rings. The molecule has 0 aliphatic carbocycles. The Morgan fingerprint density at radius 2 is 1.77 bits per heavy atom. The molecule has 0 radical (unpaired) electrons. The molecule has 0 aromatic heterocycles. The van der Waals surface area contributed by atoms with Gasteiger partial charge in [-0.3, -0.25) is 0 Å². The van der Waals surface area contributed by atoms with Gasteiger partial charge in [-0.1, -0.05) is 6.92 Å². The summed E-state index contributed by atoms with van der Waals surface area (Å²) in [7, 11) is 3.33. The maximum atomic E-state index is 10.0. The van der Waals surface area contributed by atoms with E-state index in [0.29, 0.717) is 19.6 Å². The van der Waals surface area contributed by atoms with Gasteiger partial charge in [0.1, 0.15) is 0 Å². The largest absolute Gasteiger partial charge is 0.390 e. The van der Waals surface area contributed by atoms with Crippen LogP contribution < -0.4 is 0 Å². The normalized spacial score (nSPS) is 18.2. The van der Waals surface area contributed by atoms with Gasteiger partial charge in [-0.15, -0.1) is 0 Å². The Labute approximate surface area is 81.0 Å². The Hall–Kier alpha value is -0.120. The van der Waals surface area contributed by atoms with Crippen molar-refractivity contribution < 1.29 is 14.6 Å². The molecule has 1 N–H and O–H groups in total. The lowest BCUT2D eigenvalue weighted by molar-refractivity contribution is -0.0290. The van der Waals surface area contributed by atoms with Gasteiger partial charge >= 0.3 is 0 Å². The van der Waals surface area contributed by atoms with Crippen molar-refractivity contribution in [2.75, 3.05) is 27.4 Å². The number of hydrogen-bond acceptors (Lipinski definition) is 3. The summed E-state index contributed by atoms with van der Waals surface area (Å²) in [6, 6.07) is 0. The molecule has 80 valence electrons. The second-order valence-electron chi connectivity index (χ2n) is 3.78. The van der Waals surface area contributed by atoms with Crippen LogP contribution in [0.5, 0.6) is 0 Å². The van der Waals surface area contributed by atoms with E-state index < -0.39 is 5.60 Å². The molecule has 0 bridgehead atoms. The molecule has 2 atom stereocenters. The zero-order chi connectivity index (χ0) is 10.3. The molecule has 0 fully saturated rings. The SMILES string of the molecule is COCCC(C)C(C)(O)CCOC. The molecular weight excluding hydrogens is 168 g/mol. The third-order valence-corrected chi connectivity index (χ3v) is 2.63. The molecule has 2 unspecified atom stereocenters. The number of rotatable bonds is 7. The van der Waals surface area contributed by atoms with Gasteiger partial charge < -0.3 is 14.6 Å². The van der Waals surface area contributed by atoms with Gasteiger partial charge in [0.05, 0.1) is 5.60 Å². The Bertz CT molecular complexity index is 123. The molecule has 0 saturated carbocycles. The molecule has 13 heavy (non-hydrogen) atoms. The zero-order valence-corrected chi connectivity index (χ0v) is 9.17. The fraction of sp³-hybridized carbons (Fsp3) is 1.00. The number of ether oxygens (including phenoxy) is 2. The molecule has 0 saturated heterocycles. The van der Waals surface area contributed by atoms with Crippen LogP contribution in [0.1, 0.15) is 26.7 Å². The number of hydrogen-bond donors (Lipinski definition) is 1. The molecule has 0 aliphatic rings. The second-order valence-corrected chi connectivity index (χ2v) is 3.78. The first-order valence-electron chi connectivity index (χ1n) is 4.75. The lowest BCUT2D eigenvalue weighted by Crippen LogP contribution is -2.34. The summed E-state index contributed by atoms with van der Waals surface area (Å²) >= 11 is 0. The Morgan fingerprint density at radius 3 is 2.23 bits per heavy atom. The third-order valence-electron chi connectivity index (χ3n) is 2.63. The highest BCUT2D eigenvalue weighted by Crippen LogP contribution is 2.23. The van der Waals surface area contributed by atoms with E-state index >= 15 is 0 Å². The molecule has 0 aromatic carbocycles. The predicted octanol–water partition coefficient (Wildman–Crippen LogP) is 1.45. The average Bonchev–Trinajstić information content (AvgIpc) is 2.10. The summed E-state index contributed by atoms with van der Waals surface area (Å²) in [5, 5.41) is 10.0. The summed E-state index contributed by atoms with van der Waals surface area (Å²) < 4.78 is 9.91. The summed E-state index contributed by atoms with van der Waals surface area (Å²) in [5.74, 6) is 0.239. The van der Waals surface area contributed by atoms with E-state index in [4.69, 9.17) is 9.47 Å². The van der Waals surface area contributed by atoms with Gasteiger partial charge in [0.2, 0.25) is 0 Å². The maximum absolute atomic E-state index is 10.0. The topological polar surface area (TPSA) is 38.7 Å². The fourth-order valence-electron chi connectivity index (χ4n) is 1.16. The van der Waals surface area contributed by atoms with Gasteiger partial charge in [-0.25, -0.2) is 0 Å². The van der Waals surface area contributed by atoms with Crippen LogP contribution in [0.15, 0.2) is 0 Å². The molecule has 0 spiro atoms. The molecule has 0 rings (SSSR count). The van der Waals surface area contributed by atoms with Crippen molar-refractivity contribution in [2.24, 2.45) is 5.92 Å². The van der Waals surface area contributed by atoms with Crippen LogP contribution in [0.2, 0.25) is 0 Å². The minimum Gasteiger partial charge on any atom is -0.390 e. The van der Waals surface area contributed by atoms with Crippen molar-refractivity contribution >= 4 is 0 Å². The van der Waals surface area contributed by atoms with E-state index in [2.05, 4.69) is 0 Å². The van der Waals surface area contributed by atoms with E-state index in [9.17, 15) is 5.11 Å². The van der Waals surface area contributed by atoms with Crippen LogP contribution in [0.25, 0.3) is 0 Å². The van der Waals surface area contributed by atoms with Crippen molar-refractivity contribution in [3.8, 4) is 0 Å². The predicted molar refractivity (Wildman–Crippen MR) is 52.8 cm³/mol. The summed E-state index contributed by atoms with van der Waals surface area (Å²) in [5.41, 5.74) is -0.644.